The number of carbonyl (C=O) groups is 4. The van der Waals surface area contributed by atoms with E-state index < -0.39 is 36.2 Å². The minimum atomic E-state index is -1.37. The van der Waals surface area contributed by atoms with E-state index in [1.54, 1.807) is 0 Å². The quantitative estimate of drug-likeness (QED) is 0.406. The van der Waals surface area contributed by atoms with Gasteiger partial charge < -0.3 is 21.3 Å². The van der Waals surface area contributed by atoms with Gasteiger partial charge in [-0.15, -0.1) is 0 Å². The molecule has 5 N–H and O–H groups in total. The predicted octanol–water partition coefficient (Wildman–Crippen LogP) is -2.11. The Morgan fingerprint density at radius 3 is 1.92 bits per heavy atom. The van der Waals surface area contributed by atoms with Crippen molar-refractivity contribution in [2.75, 3.05) is 0 Å². The maximum atomic E-state index is 12.0. The summed E-state index contributed by atoms with van der Waals surface area (Å²) in [6, 6.07) is 4.30. The Balaban J connectivity index is -0.00000147. The van der Waals surface area contributed by atoms with Crippen molar-refractivity contribution in [3.8, 4) is 0 Å². The van der Waals surface area contributed by atoms with Gasteiger partial charge in [0.05, 0.1) is 11.1 Å². The summed E-state index contributed by atoms with van der Waals surface area (Å²) in [7, 11) is 0. The van der Waals surface area contributed by atoms with E-state index >= 15 is 0 Å². The van der Waals surface area contributed by atoms with E-state index in [1.807, 2.05) is 0 Å². The summed E-state index contributed by atoms with van der Waals surface area (Å²) in [6.45, 7) is 0. The molecule has 0 spiro atoms. The fourth-order valence-electron chi connectivity index (χ4n) is 1.66. The average molecular weight is 366 g/mol. The Hall–Kier alpha value is 0.1000. The van der Waals surface area contributed by atoms with Gasteiger partial charge in [0.2, 0.25) is 5.91 Å². The minimum absolute atomic E-state index is 0. The van der Waals surface area contributed by atoms with E-state index in [1.165, 1.54) is 24.3 Å². The van der Waals surface area contributed by atoms with E-state index in [9.17, 15) is 19.2 Å². The van der Waals surface area contributed by atoms with Gasteiger partial charge in [-0.2, -0.15) is 0 Å². The number of aliphatic carboxylic acids is 2. The van der Waals surface area contributed by atoms with Crippen molar-refractivity contribution in [1.82, 2.24) is 5.32 Å². The second-order valence-electron chi connectivity index (χ2n) is 4.21. The number of nitrogens with two attached hydrogens (primary N) is 1. The molecule has 1 atom stereocenters. The second-order valence-corrected chi connectivity index (χ2v) is 4.21. The SMILES string of the molecule is NC(=O)c1ccccc1C(=O)N[C@@H](CCC(=O)O)C(=O)O.[NaH].[NaH].[NaH]. The zero-order valence-electron chi connectivity index (χ0n) is 10.9. The molecule has 0 radical (unpaired) electrons. The van der Waals surface area contributed by atoms with Crippen LogP contribution in [-0.2, 0) is 9.59 Å². The summed E-state index contributed by atoms with van der Waals surface area (Å²) in [5.41, 5.74) is 5.02. The molecule has 24 heavy (non-hydrogen) atoms. The molecule has 118 valence electrons. The number of benzene rings is 1. The normalized spacial score (nSPS) is 10.0. The molecular formula is C13H17N2Na3O6. The van der Waals surface area contributed by atoms with Crippen LogP contribution in [-0.4, -0.2) is 129 Å². The molecule has 0 aromatic heterocycles. The Morgan fingerprint density at radius 1 is 1.00 bits per heavy atom. The van der Waals surface area contributed by atoms with E-state index in [4.69, 9.17) is 15.9 Å². The molecular weight excluding hydrogens is 349 g/mol. The van der Waals surface area contributed by atoms with E-state index in [2.05, 4.69) is 5.32 Å². The van der Waals surface area contributed by atoms with Crippen molar-refractivity contribution in [1.29, 1.82) is 0 Å². The van der Waals surface area contributed by atoms with Crippen LogP contribution in [0.3, 0.4) is 0 Å². The fraction of sp³-hybridized carbons (Fsp3) is 0.231. The van der Waals surface area contributed by atoms with Gasteiger partial charge >= 0.3 is 101 Å². The predicted molar refractivity (Wildman–Crippen MR) is 92.2 cm³/mol. The zero-order chi connectivity index (χ0) is 16.0. The molecule has 8 nitrogen and oxygen atoms in total. The summed E-state index contributed by atoms with van der Waals surface area (Å²) in [6.07, 6.45) is -0.677. The van der Waals surface area contributed by atoms with E-state index in [0.717, 1.165) is 0 Å². The third-order valence-corrected chi connectivity index (χ3v) is 2.69. The van der Waals surface area contributed by atoms with Crippen LogP contribution in [0.5, 0.6) is 0 Å². The number of carbonyl (C=O) groups excluding carboxylic acids is 2. The van der Waals surface area contributed by atoms with Gasteiger partial charge in [-0.3, -0.25) is 14.4 Å². The first-order valence-corrected chi connectivity index (χ1v) is 5.97. The number of rotatable bonds is 7. The Morgan fingerprint density at radius 2 is 1.50 bits per heavy atom. The van der Waals surface area contributed by atoms with Crippen LogP contribution in [0.4, 0.5) is 0 Å². The van der Waals surface area contributed by atoms with Gasteiger partial charge in [0, 0.05) is 6.42 Å². The summed E-state index contributed by atoms with van der Waals surface area (Å²) < 4.78 is 0. The molecule has 0 unspecified atom stereocenters. The first-order valence-electron chi connectivity index (χ1n) is 5.97. The Bertz CT molecular complexity index is 597. The summed E-state index contributed by atoms with van der Waals surface area (Å²) in [4.78, 5) is 44.7. The molecule has 1 rings (SSSR count). The van der Waals surface area contributed by atoms with Crippen molar-refractivity contribution >= 4 is 112 Å². The molecule has 2 amide bonds. The van der Waals surface area contributed by atoms with Gasteiger partial charge in [0.1, 0.15) is 6.04 Å². The number of carboxylic acid groups (broad SMARTS) is 2. The van der Waals surface area contributed by atoms with Crippen molar-refractivity contribution < 1.29 is 29.4 Å². The van der Waals surface area contributed by atoms with Crippen molar-refractivity contribution in [2.45, 2.75) is 18.9 Å². The first-order chi connectivity index (χ1) is 9.82. The fourth-order valence-corrected chi connectivity index (χ4v) is 1.66. The van der Waals surface area contributed by atoms with E-state index in [0.29, 0.717) is 0 Å². The van der Waals surface area contributed by atoms with Crippen LogP contribution >= 0.6 is 0 Å². The molecule has 0 saturated heterocycles. The molecule has 0 bridgehead atoms. The van der Waals surface area contributed by atoms with Crippen molar-refractivity contribution in [2.24, 2.45) is 5.73 Å². The van der Waals surface area contributed by atoms with E-state index in [-0.39, 0.29) is 106 Å². The molecule has 0 aliphatic carbocycles. The van der Waals surface area contributed by atoms with Crippen LogP contribution < -0.4 is 11.1 Å². The Labute approximate surface area is 204 Å². The zero-order valence-corrected chi connectivity index (χ0v) is 10.9. The van der Waals surface area contributed by atoms with Crippen LogP contribution in [0.2, 0.25) is 0 Å². The van der Waals surface area contributed by atoms with Crippen molar-refractivity contribution in [3.05, 3.63) is 35.4 Å². The van der Waals surface area contributed by atoms with Crippen LogP contribution in [0.25, 0.3) is 0 Å². The molecule has 0 aliphatic rings. The first kappa shape index (κ1) is 28.9. The number of nitrogens with one attached hydrogen (secondary N) is 1. The van der Waals surface area contributed by atoms with Gasteiger partial charge in [0.15, 0.2) is 0 Å². The summed E-state index contributed by atoms with van der Waals surface area (Å²) in [5, 5.41) is 19.7. The molecule has 1 aromatic carbocycles. The topological polar surface area (TPSA) is 147 Å². The number of amides is 2. The Kier molecular flexibility index (Phi) is 17.2. The molecule has 0 aliphatic heterocycles. The van der Waals surface area contributed by atoms with Gasteiger partial charge in [-0.25, -0.2) is 4.79 Å². The average Bonchev–Trinajstić information content (AvgIpc) is 2.42. The van der Waals surface area contributed by atoms with Gasteiger partial charge in [0.25, 0.3) is 5.91 Å². The van der Waals surface area contributed by atoms with Crippen molar-refractivity contribution in [3.63, 3.8) is 0 Å². The third-order valence-electron chi connectivity index (χ3n) is 2.69. The molecule has 11 heteroatoms. The standard InChI is InChI=1S/C13H14N2O6.3Na.3H/c14-11(18)7-3-1-2-4-8(7)12(19)15-9(13(20)21)5-6-10(16)17;;;;;;/h1-4,9H,5-6H2,(H2,14,18)(H,15,19)(H,16,17)(H,20,21);;;;;;/t9-;;;;;;/m0....../s1. The number of hydrogen-bond donors (Lipinski definition) is 4. The second kappa shape index (κ2) is 14.3. The van der Waals surface area contributed by atoms with Crippen LogP contribution in [0.1, 0.15) is 33.6 Å². The molecule has 1 aromatic rings. The third kappa shape index (κ3) is 9.55. The molecule has 0 fully saturated rings. The monoisotopic (exact) mass is 366 g/mol. The molecule has 0 heterocycles. The summed E-state index contributed by atoms with van der Waals surface area (Å²) >= 11 is 0. The van der Waals surface area contributed by atoms with Gasteiger partial charge in [-0.05, 0) is 18.6 Å². The maximum absolute atomic E-state index is 12.0. The number of primary amides is 1. The van der Waals surface area contributed by atoms with Crippen LogP contribution in [0.15, 0.2) is 24.3 Å². The van der Waals surface area contributed by atoms with Crippen LogP contribution in [0, 0.1) is 0 Å². The number of carboxylic acids is 2. The number of hydrogen-bond acceptors (Lipinski definition) is 4. The molecule has 0 saturated carbocycles. The van der Waals surface area contributed by atoms with Gasteiger partial charge in [-0.1, -0.05) is 12.1 Å². The summed E-state index contributed by atoms with van der Waals surface area (Å²) in [5.74, 6) is -4.16.